The first-order chi connectivity index (χ1) is 11.7. The Bertz CT molecular complexity index is 535. The molecule has 0 radical (unpaired) electrons. The van der Waals surface area contributed by atoms with E-state index in [1.54, 1.807) is 0 Å². The Balaban J connectivity index is 1.42. The summed E-state index contributed by atoms with van der Waals surface area (Å²) in [6.07, 6.45) is 4.90. The minimum atomic E-state index is 0.331. The maximum atomic E-state index is 12.5. The molecule has 0 N–H and O–H groups in total. The van der Waals surface area contributed by atoms with Crippen LogP contribution >= 0.6 is 15.9 Å². The molecule has 2 fully saturated rings. The summed E-state index contributed by atoms with van der Waals surface area (Å²) < 4.78 is 1.14. The quantitative estimate of drug-likeness (QED) is 0.786. The highest BCUT2D eigenvalue weighted by atomic mass is 79.9. The van der Waals surface area contributed by atoms with Gasteiger partial charge in [-0.15, -0.1) is 0 Å². The SMILES string of the molecule is O=C(CN1CCN(Cc2cccc(Br)c2)CC1)N1CCCCCC1. The van der Waals surface area contributed by atoms with Crippen molar-refractivity contribution in [1.82, 2.24) is 14.7 Å². The van der Waals surface area contributed by atoms with Crippen molar-refractivity contribution in [1.29, 1.82) is 0 Å². The van der Waals surface area contributed by atoms with E-state index >= 15 is 0 Å². The molecule has 0 unspecified atom stereocenters. The zero-order valence-electron chi connectivity index (χ0n) is 14.4. The van der Waals surface area contributed by atoms with Gasteiger partial charge in [-0.3, -0.25) is 14.6 Å². The number of rotatable bonds is 4. The van der Waals surface area contributed by atoms with Crippen molar-refractivity contribution in [2.45, 2.75) is 32.2 Å². The second kappa shape index (κ2) is 8.97. The van der Waals surface area contributed by atoms with Gasteiger partial charge in [0.25, 0.3) is 0 Å². The van der Waals surface area contributed by atoms with Crippen molar-refractivity contribution < 1.29 is 4.79 Å². The molecule has 0 aliphatic carbocycles. The second-order valence-electron chi connectivity index (χ2n) is 6.98. The zero-order valence-corrected chi connectivity index (χ0v) is 16.0. The fourth-order valence-corrected chi connectivity index (χ4v) is 4.06. The summed E-state index contributed by atoms with van der Waals surface area (Å²) in [6.45, 7) is 7.59. The van der Waals surface area contributed by atoms with Gasteiger partial charge in [-0.2, -0.15) is 0 Å². The van der Waals surface area contributed by atoms with Gasteiger partial charge >= 0.3 is 0 Å². The van der Waals surface area contributed by atoms with Crippen LogP contribution in [0.15, 0.2) is 28.7 Å². The van der Waals surface area contributed by atoms with Crippen LogP contribution < -0.4 is 0 Å². The number of nitrogens with zero attached hydrogens (tertiary/aromatic N) is 3. The fourth-order valence-electron chi connectivity index (χ4n) is 3.61. The minimum Gasteiger partial charge on any atom is -0.342 e. The lowest BCUT2D eigenvalue weighted by Gasteiger charge is -2.35. The van der Waals surface area contributed by atoms with E-state index in [4.69, 9.17) is 0 Å². The molecule has 132 valence electrons. The Morgan fingerprint density at radius 3 is 2.25 bits per heavy atom. The second-order valence-corrected chi connectivity index (χ2v) is 7.89. The van der Waals surface area contributed by atoms with Gasteiger partial charge in [0.05, 0.1) is 6.54 Å². The van der Waals surface area contributed by atoms with Gasteiger partial charge in [-0.1, -0.05) is 40.9 Å². The average molecular weight is 394 g/mol. The molecule has 2 aliphatic heterocycles. The monoisotopic (exact) mass is 393 g/mol. The summed E-state index contributed by atoms with van der Waals surface area (Å²) in [7, 11) is 0. The average Bonchev–Trinajstić information content (AvgIpc) is 2.86. The van der Waals surface area contributed by atoms with Crippen LogP contribution in [0.4, 0.5) is 0 Å². The molecule has 0 spiro atoms. The molecule has 1 aromatic rings. The van der Waals surface area contributed by atoms with E-state index in [2.05, 4.69) is 54.9 Å². The van der Waals surface area contributed by atoms with Gasteiger partial charge in [0.15, 0.2) is 0 Å². The van der Waals surface area contributed by atoms with Crippen LogP contribution in [-0.4, -0.2) is 66.4 Å². The minimum absolute atomic E-state index is 0.331. The van der Waals surface area contributed by atoms with Gasteiger partial charge in [0, 0.05) is 50.3 Å². The van der Waals surface area contributed by atoms with Gasteiger partial charge < -0.3 is 4.90 Å². The first kappa shape index (κ1) is 17.9. The zero-order chi connectivity index (χ0) is 16.8. The molecule has 2 aliphatic rings. The number of hydrogen-bond acceptors (Lipinski definition) is 3. The van der Waals surface area contributed by atoms with Crippen LogP contribution in [0.2, 0.25) is 0 Å². The molecule has 4 nitrogen and oxygen atoms in total. The number of likely N-dealkylation sites (tertiary alicyclic amines) is 1. The molecule has 0 atom stereocenters. The molecule has 0 saturated carbocycles. The molecular formula is C19H28BrN3O. The lowest BCUT2D eigenvalue weighted by Crippen LogP contribution is -2.49. The van der Waals surface area contributed by atoms with E-state index in [1.165, 1.54) is 31.2 Å². The normalized spacial score (nSPS) is 20.8. The fraction of sp³-hybridized carbons (Fsp3) is 0.632. The maximum absolute atomic E-state index is 12.5. The molecule has 24 heavy (non-hydrogen) atoms. The standard InChI is InChI=1S/C19H28BrN3O/c20-18-7-5-6-17(14-18)15-21-10-12-22(13-11-21)16-19(24)23-8-3-1-2-4-9-23/h5-7,14H,1-4,8-13,15-16H2. The summed E-state index contributed by atoms with van der Waals surface area (Å²) in [5, 5.41) is 0. The van der Waals surface area contributed by atoms with Gasteiger partial charge in [0.1, 0.15) is 0 Å². The van der Waals surface area contributed by atoms with Crippen molar-refractivity contribution in [3.8, 4) is 0 Å². The van der Waals surface area contributed by atoms with Crippen molar-refractivity contribution in [3.05, 3.63) is 34.3 Å². The molecular weight excluding hydrogens is 366 g/mol. The lowest BCUT2D eigenvalue weighted by atomic mass is 10.2. The molecule has 1 amide bonds. The summed E-state index contributed by atoms with van der Waals surface area (Å²) in [6, 6.07) is 8.53. The summed E-state index contributed by atoms with van der Waals surface area (Å²) in [5.41, 5.74) is 1.35. The van der Waals surface area contributed by atoms with E-state index < -0.39 is 0 Å². The van der Waals surface area contributed by atoms with E-state index in [0.717, 1.165) is 50.3 Å². The van der Waals surface area contributed by atoms with Gasteiger partial charge in [-0.05, 0) is 30.5 Å². The van der Waals surface area contributed by atoms with Crippen LogP contribution in [0, 0.1) is 0 Å². The molecule has 0 aromatic heterocycles. The van der Waals surface area contributed by atoms with Crippen LogP contribution in [0.5, 0.6) is 0 Å². The predicted molar refractivity (Wildman–Crippen MR) is 101 cm³/mol. The largest absolute Gasteiger partial charge is 0.342 e. The van der Waals surface area contributed by atoms with Crippen LogP contribution in [-0.2, 0) is 11.3 Å². The summed E-state index contributed by atoms with van der Waals surface area (Å²) in [4.78, 5) is 19.4. The molecule has 0 bridgehead atoms. The number of benzene rings is 1. The number of piperazine rings is 1. The van der Waals surface area contributed by atoms with Crippen LogP contribution in [0.3, 0.4) is 0 Å². The number of carbonyl (C=O) groups is 1. The predicted octanol–water partition coefficient (Wildman–Crippen LogP) is 2.97. The smallest absolute Gasteiger partial charge is 0.236 e. The van der Waals surface area contributed by atoms with Gasteiger partial charge in [0.2, 0.25) is 5.91 Å². The Kier molecular flexibility index (Phi) is 6.69. The van der Waals surface area contributed by atoms with Crippen molar-refractivity contribution in [2.75, 3.05) is 45.8 Å². The first-order valence-corrected chi connectivity index (χ1v) is 9.97. The van der Waals surface area contributed by atoms with Crippen LogP contribution in [0.25, 0.3) is 0 Å². The van der Waals surface area contributed by atoms with E-state index in [0.29, 0.717) is 12.5 Å². The Morgan fingerprint density at radius 2 is 1.58 bits per heavy atom. The number of carbonyl (C=O) groups excluding carboxylic acids is 1. The van der Waals surface area contributed by atoms with E-state index in [-0.39, 0.29) is 0 Å². The number of hydrogen-bond donors (Lipinski definition) is 0. The molecule has 1 aromatic carbocycles. The molecule has 2 heterocycles. The van der Waals surface area contributed by atoms with Crippen molar-refractivity contribution in [3.63, 3.8) is 0 Å². The van der Waals surface area contributed by atoms with E-state index in [9.17, 15) is 4.79 Å². The Morgan fingerprint density at radius 1 is 0.917 bits per heavy atom. The van der Waals surface area contributed by atoms with E-state index in [1.807, 2.05) is 0 Å². The highest BCUT2D eigenvalue weighted by molar-refractivity contribution is 9.10. The lowest BCUT2D eigenvalue weighted by molar-refractivity contribution is -0.132. The highest BCUT2D eigenvalue weighted by Crippen LogP contribution is 2.15. The van der Waals surface area contributed by atoms with Crippen LogP contribution in [0.1, 0.15) is 31.2 Å². The third-order valence-corrected chi connectivity index (χ3v) is 5.57. The summed E-state index contributed by atoms with van der Waals surface area (Å²) in [5.74, 6) is 0.331. The van der Waals surface area contributed by atoms with Crippen molar-refractivity contribution in [2.24, 2.45) is 0 Å². The number of halogens is 1. The Labute approximate surface area is 153 Å². The Hall–Kier alpha value is -0.910. The third kappa shape index (κ3) is 5.30. The van der Waals surface area contributed by atoms with Crippen molar-refractivity contribution >= 4 is 21.8 Å². The van der Waals surface area contributed by atoms with Gasteiger partial charge in [-0.25, -0.2) is 0 Å². The summed E-state index contributed by atoms with van der Waals surface area (Å²) >= 11 is 3.54. The highest BCUT2D eigenvalue weighted by Gasteiger charge is 2.22. The topological polar surface area (TPSA) is 26.8 Å². The molecule has 2 saturated heterocycles. The molecule has 3 rings (SSSR count). The number of amides is 1. The maximum Gasteiger partial charge on any atom is 0.236 e. The first-order valence-electron chi connectivity index (χ1n) is 9.18. The molecule has 5 heteroatoms. The third-order valence-electron chi connectivity index (χ3n) is 5.08.